The number of ether oxygens (including phenoxy) is 1. The van der Waals surface area contributed by atoms with Gasteiger partial charge in [-0.1, -0.05) is 49.9 Å². The summed E-state index contributed by atoms with van der Waals surface area (Å²) < 4.78 is 5.56. The first-order chi connectivity index (χ1) is 16.5. The number of hydrogen-bond donors (Lipinski definition) is 3. The van der Waals surface area contributed by atoms with Crippen LogP contribution in [-0.2, 0) is 0 Å². The average molecular weight is 477 g/mol. The molecule has 0 bridgehead atoms. The number of nitrogens with zero attached hydrogens (tertiary/aromatic N) is 1. The maximum atomic E-state index is 13.2. The van der Waals surface area contributed by atoms with Crippen LogP contribution in [0.15, 0.2) is 71.6 Å². The molecular weight excluding hydrogens is 444 g/mol. The molecule has 1 heterocycles. The summed E-state index contributed by atoms with van der Waals surface area (Å²) in [6.07, 6.45) is 4.13. The van der Waals surface area contributed by atoms with E-state index in [1.54, 1.807) is 0 Å². The van der Waals surface area contributed by atoms with E-state index >= 15 is 0 Å². The summed E-state index contributed by atoms with van der Waals surface area (Å²) in [5.74, 6) is 1.11. The Morgan fingerprint density at radius 2 is 1.97 bits per heavy atom. The lowest BCUT2D eigenvalue weighted by Crippen LogP contribution is -2.21. The van der Waals surface area contributed by atoms with E-state index in [9.17, 15) is 4.79 Å². The van der Waals surface area contributed by atoms with Gasteiger partial charge in [-0.25, -0.2) is 4.98 Å². The van der Waals surface area contributed by atoms with E-state index in [1.807, 2.05) is 73.9 Å². The number of unbranched alkanes of at least 4 members (excludes halogenated alkanes) is 1. The number of H-pyrrole nitrogens is 1. The number of thioether (sulfide) groups is 1. The standard InChI is InChI=1S/C27H32N4O2S/c1-5-8-16-28-22-11-9-10-21(18-22)26-30-24(20-12-14-23(15-13-20)33-7-3)25(31-26)27(32)29-19(4)34-17-6-2/h6,9-15,17-18,28H,4-5,7-8,16H2,1-3H3,(H,29,32)(H,30,31)/b17-6-. The van der Waals surface area contributed by atoms with E-state index in [0.29, 0.717) is 28.8 Å². The molecule has 0 aliphatic carbocycles. The minimum absolute atomic E-state index is 0.290. The third kappa shape index (κ3) is 6.78. The summed E-state index contributed by atoms with van der Waals surface area (Å²) in [5, 5.41) is 8.70. The number of carbonyl (C=O) groups is 1. The largest absolute Gasteiger partial charge is 0.494 e. The molecule has 1 amide bonds. The smallest absolute Gasteiger partial charge is 0.274 e. The zero-order valence-corrected chi connectivity index (χ0v) is 20.8. The summed E-state index contributed by atoms with van der Waals surface area (Å²) in [4.78, 5) is 21.2. The first kappa shape index (κ1) is 25.2. The molecule has 1 aromatic heterocycles. The van der Waals surface area contributed by atoms with E-state index in [-0.39, 0.29) is 5.91 Å². The molecule has 3 N–H and O–H groups in total. The quantitative estimate of drug-likeness (QED) is 0.250. The number of aromatic nitrogens is 2. The molecular formula is C27H32N4O2S. The molecule has 178 valence electrons. The van der Waals surface area contributed by atoms with Crippen molar-refractivity contribution in [2.45, 2.75) is 33.6 Å². The highest BCUT2D eigenvalue weighted by atomic mass is 32.2. The molecule has 0 radical (unpaired) electrons. The number of carbonyl (C=O) groups excluding carboxylic acids is 1. The van der Waals surface area contributed by atoms with E-state index in [2.05, 4.69) is 29.1 Å². The molecule has 0 aliphatic heterocycles. The number of rotatable bonds is 12. The van der Waals surface area contributed by atoms with Crippen LogP contribution in [0.25, 0.3) is 22.6 Å². The molecule has 0 aliphatic rings. The van der Waals surface area contributed by atoms with Crippen LogP contribution in [0, 0.1) is 0 Å². The van der Waals surface area contributed by atoms with Crippen molar-refractivity contribution >= 4 is 23.4 Å². The van der Waals surface area contributed by atoms with Crippen LogP contribution in [0.2, 0.25) is 0 Å². The van der Waals surface area contributed by atoms with Crippen molar-refractivity contribution in [2.75, 3.05) is 18.5 Å². The van der Waals surface area contributed by atoms with Crippen LogP contribution in [-0.4, -0.2) is 29.0 Å². The second-order valence-corrected chi connectivity index (χ2v) is 8.59. The number of allylic oxidation sites excluding steroid dienone is 1. The molecule has 0 spiro atoms. The summed E-state index contributed by atoms with van der Waals surface area (Å²) in [7, 11) is 0. The molecule has 0 fully saturated rings. The van der Waals surface area contributed by atoms with E-state index in [0.717, 1.165) is 42.0 Å². The Kier molecular flexibility index (Phi) is 9.40. The normalized spacial score (nSPS) is 10.9. The van der Waals surface area contributed by atoms with Gasteiger partial charge >= 0.3 is 0 Å². The number of nitrogens with one attached hydrogen (secondary N) is 3. The Morgan fingerprint density at radius 1 is 1.18 bits per heavy atom. The van der Waals surface area contributed by atoms with Gasteiger partial charge in [0.2, 0.25) is 0 Å². The highest BCUT2D eigenvalue weighted by molar-refractivity contribution is 8.05. The van der Waals surface area contributed by atoms with Gasteiger partial charge in [-0.2, -0.15) is 0 Å². The van der Waals surface area contributed by atoms with Crippen LogP contribution in [0.4, 0.5) is 5.69 Å². The fourth-order valence-corrected chi connectivity index (χ4v) is 3.77. The molecule has 3 aromatic rings. The molecule has 34 heavy (non-hydrogen) atoms. The fraction of sp³-hybridized carbons (Fsp3) is 0.259. The van der Waals surface area contributed by atoms with Gasteiger partial charge < -0.3 is 20.4 Å². The molecule has 6 nitrogen and oxygen atoms in total. The molecule has 0 saturated carbocycles. The number of hydrogen-bond acceptors (Lipinski definition) is 5. The second-order valence-electron chi connectivity index (χ2n) is 7.59. The van der Waals surface area contributed by atoms with E-state index < -0.39 is 0 Å². The lowest BCUT2D eigenvalue weighted by atomic mass is 10.1. The van der Waals surface area contributed by atoms with Gasteiger partial charge in [0.15, 0.2) is 0 Å². The van der Waals surface area contributed by atoms with E-state index in [1.165, 1.54) is 11.8 Å². The number of amides is 1. The highest BCUT2D eigenvalue weighted by Gasteiger charge is 2.20. The highest BCUT2D eigenvalue weighted by Crippen LogP contribution is 2.29. The molecule has 3 rings (SSSR count). The third-order valence-electron chi connectivity index (χ3n) is 4.96. The third-order valence-corrected chi connectivity index (χ3v) is 5.76. The van der Waals surface area contributed by atoms with Gasteiger partial charge in [-0.15, -0.1) is 0 Å². The van der Waals surface area contributed by atoms with Crippen molar-refractivity contribution in [3.8, 4) is 28.4 Å². The summed E-state index contributed by atoms with van der Waals surface area (Å²) in [6, 6.07) is 15.6. The topological polar surface area (TPSA) is 79.0 Å². The van der Waals surface area contributed by atoms with Crippen LogP contribution in [0.1, 0.15) is 44.1 Å². The number of anilines is 1. The van der Waals surface area contributed by atoms with Crippen molar-refractivity contribution in [1.29, 1.82) is 0 Å². The summed E-state index contributed by atoms with van der Waals surface area (Å²) in [5.41, 5.74) is 3.69. The Balaban J connectivity index is 1.96. The molecule has 0 atom stereocenters. The zero-order chi connectivity index (χ0) is 24.3. The predicted molar refractivity (Wildman–Crippen MR) is 143 cm³/mol. The SMILES string of the molecule is C=C(NC(=O)c1[nH]c(-c2cccc(NCCCC)c2)nc1-c1ccc(OCC)cc1)S/C=C\C. The van der Waals surface area contributed by atoms with Crippen LogP contribution in [0.5, 0.6) is 5.75 Å². The first-order valence-electron chi connectivity index (χ1n) is 11.5. The van der Waals surface area contributed by atoms with Gasteiger partial charge in [0, 0.05) is 23.4 Å². The van der Waals surface area contributed by atoms with Crippen LogP contribution >= 0.6 is 11.8 Å². The lowest BCUT2D eigenvalue weighted by molar-refractivity contribution is 0.0965. The Bertz CT molecular complexity index is 1140. The van der Waals surface area contributed by atoms with Gasteiger partial charge in [0.05, 0.1) is 11.6 Å². The maximum Gasteiger partial charge on any atom is 0.274 e. The monoisotopic (exact) mass is 476 g/mol. The lowest BCUT2D eigenvalue weighted by Gasteiger charge is -2.07. The minimum Gasteiger partial charge on any atom is -0.494 e. The van der Waals surface area contributed by atoms with Gasteiger partial charge in [-0.05, 0) is 62.1 Å². The summed E-state index contributed by atoms with van der Waals surface area (Å²) in [6.45, 7) is 11.5. The molecule has 2 aromatic carbocycles. The number of benzene rings is 2. The first-order valence-corrected chi connectivity index (χ1v) is 12.4. The zero-order valence-electron chi connectivity index (χ0n) is 20.0. The van der Waals surface area contributed by atoms with Crippen molar-refractivity contribution < 1.29 is 9.53 Å². The Labute approximate surface area is 205 Å². The van der Waals surface area contributed by atoms with E-state index in [4.69, 9.17) is 9.72 Å². The Morgan fingerprint density at radius 3 is 2.68 bits per heavy atom. The minimum atomic E-state index is -0.290. The molecule has 0 unspecified atom stereocenters. The second kappa shape index (κ2) is 12.7. The van der Waals surface area contributed by atoms with Crippen molar-refractivity contribution in [1.82, 2.24) is 15.3 Å². The predicted octanol–water partition coefficient (Wildman–Crippen LogP) is 6.82. The van der Waals surface area contributed by atoms with Crippen molar-refractivity contribution in [2.24, 2.45) is 0 Å². The Hall–Kier alpha value is -3.45. The van der Waals surface area contributed by atoms with Crippen molar-refractivity contribution in [3.63, 3.8) is 0 Å². The number of imidazole rings is 1. The fourth-order valence-electron chi connectivity index (χ4n) is 3.31. The average Bonchev–Trinajstić information content (AvgIpc) is 3.30. The van der Waals surface area contributed by atoms with Crippen LogP contribution in [0.3, 0.4) is 0 Å². The number of aromatic amines is 1. The van der Waals surface area contributed by atoms with Crippen LogP contribution < -0.4 is 15.4 Å². The molecule has 7 heteroatoms. The summed E-state index contributed by atoms with van der Waals surface area (Å²) >= 11 is 1.36. The maximum absolute atomic E-state index is 13.2. The molecule has 0 saturated heterocycles. The van der Waals surface area contributed by atoms with Gasteiger partial charge in [0.25, 0.3) is 5.91 Å². The van der Waals surface area contributed by atoms with Crippen molar-refractivity contribution in [3.05, 3.63) is 77.3 Å². The van der Waals surface area contributed by atoms with Gasteiger partial charge in [-0.3, -0.25) is 4.79 Å². The van der Waals surface area contributed by atoms with Gasteiger partial charge in [0.1, 0.15) is 23.0 Å².